The van der Waals surface area contributed by atoms with Gasteiger partial charge in [-0.2, -0.15) is 0 Å². The second-order valence-corrected chi connectivity index (χ2v) is 6.63. The average Bonchev–Trinajstić information content (AvgIpc) is 2.90. The van der Waals surface area contributed by atoms with Gasteiger partial charge >= 0.3 is 0 Å². The number of fused-ring (bicyclic) bond motifs is 1. The van der Waals surface area contributed by atoms with Crippen molar-refractivity contribution in [3.8, 4) is 0 Å². The Hall–Kier alpha value is -1.59. The summed E-state index contributed by atoms with van der Waals surface area (Å²) >= 11 is 1.56. The van der Waals surface area contributed by atoms with Gasteiger partial charge in [0.25, 0.3) is 5.91 Å². The molecule has 0 radical (unpaired) electrons. The molecule has 112 valence electrons. The number of thiophene rings is 1. The summed E-state index contributed by atoms with van der Waals surface area (Å²) in [5.74, 6) is 0.158. The summed E-state index contributed by atoms with van der Waals surface area (Å²) in [6.45, 7) is 6.95. The molecule has 2 aromatic rings. The minimum Gasteiger partial charge on any atom is -0.399 e. The standard InChI is InChI=1S/C16H21N3OS/c1-2-5-18-6-8-19(9-7-18)16(20)15-11-12-10-13(17)3-4-14(12)21-15/h3-4,10-11H,2,5-9,17H2,1H3. The van der Waals surface area contributed by atoms with Crippen LogP contribution in [0, 0.1) is 0 Å². The molecule has 1 aliphatic heterocycles. The molecule has 0 saturated carbocycles. The van der Waals surface area contributed by atoms with Crippen molar-refractivity contribution in [2.45, 2.75) is 13.3 Å². The van der Waals surface area contributed by atoms with Gasteiger partial charge in [-0.3, -0.25) is 9.69 Å². The molecule has 1 aromatic carbocycles. The Morgan fingerprint density at radius 1 is 1.24 bits per heavy atom. The topological polar surface area (TPSA) is 49.6 Å². The molecular formula is C16H21N3OS. The van der Waals surface area contributed by atoms with Gasteiger partial charge in [0.05, 0.1) is 4.88 Å². The van der Waals surface area contributed by atoms with E-state index < -0.39 is 0 Å². The van der Waals surface area contributed by atoms with Gasteiger partial charge in [-0.05, 0) is 42.6 Å². The van der Waals surface area contributed by atoms with E-state index in [-0.39, 0.29) is 5.91 Å². The number of benzene rings is 1. The highest BCUT2D eigenvalue weighted by molar-refractivity contribution is 7.20. The zero-order valence-electron chi connectivity index (χ0n) is 12.3. The molecule has 21 heavy (non-hydrogen) atoms. The van der Waals surface area contributed by atoms with E-state index in [2.05, 4.69) is 11.8 Å². The van der Waals surface area contributed by atoms with E-state index in [1.165, 1.54) is 6.42 Å². The molecule has 4 nitrogen and oxygen atoms in total. The molecule has 0 bridgehead atoms. The third-order valence-corrected chi connectivity index (χ3v) is 5.05. The average molecular weight is 303 g/mol. The molecule has 5 heteroatoms. The molecule has 1 saturated heterocycles. The predicted octanol–water partition coefficient (Wildman–Crippen LogP) is 2.65. The van der Waals surface area contributed by atoms with Crippen molar-refractivity contribution in [2.24, 2.45) is 0 Å². The fraction of sp³-hybridized carbons (Fsp3) is 0.438. The minimum atomic E-state index is 0.158. The van der Waals surface area contributed by atoms with Crippen LogP contribution in [0.3, 0.4) is 0 Å². The first-order valence-electron chi connectivity index (χ1n) is 7.48. The zero-order valence-corrected chi connectivity index (χ0v) is 13.2. The molecule has 0 atom stereocenters. The van der Waals surface area contributed by atoms with Crippen LogP contribution < -0.4 is 5.73 Å². The number of piperazine rings is 1. The van der Waals surface area contributed by atoms with Crippen LogP contribution in [0.2, 0.25) is 0 Å². The minimum absolute atomic E-state index is 0.158. The highest BCUT2D eigenvalue weighted by Gasteiger charge is 2.22. The lowest BCUT2D eigenvalue weighted by Crippen LogP contribution is -2.48. The molecule has 0 spiro atoms. The highest BCUT2D eigenvalue weighted by Crippen LogP contribution is 2.28. The van der Waals surface area contributed by atoms with Crippen LogP contribution in [0.4, 0.5) is 5.69 Å². The number of carbonyl (C=O) groups is 1. The fourth-order valence-corrected chi connectivity index (χ4v) is 3.82. The molecule has 1 aromatic heterocycles. The quantitative estimate of drug-likeness (QED) is 0.887. The Kier molecular flexibility index (Phi) is 4.12. The zero-order chi connectivity index (χ0) is 14.8. The predicted molar refractivity (Wildman–Crippen MR) is 88.9 cm³/mol. The number of anilines is 1. The van der Waals surface area contributed by atoms with Crippen LogP contribution in [0.5, 0.6) is 0 Å². The van der Waals surface area contributed by atoms with E-state index >= 15 is 0 Å². The van der Waals surface area contributed by atoms with E-state index in [4.69, 9.17) is 5.73 Å². The van der Waals surface area contributed by atoms with Crippen molar-refractivity contribution >= 4 is 33.0 Å². The summed E-state index contributed by atoms with van der Waals surface area (Å²) < 4.78 is 1.12. The van der Waals surface area contributed by atoms with Gasteiger partial charge < -0.3 is 10.6 Å². The fourth-order valence-electron chi connectivity index (χ4n) is 2.81. The van der Waals surface area contributed by atoms with Gasteiger partial charge in [-0.15, -0.1) is 11.3 Å². The monoisotopic (exact) mass is 303 g/mol. The number of nitrogens with zero attached hydrogens (tertiary/aromatic N) is 2. The first-order valence-corrected chi connectivity index (χ1v) is 8.29. The number of nitrogens with two attached hydrogens (primary N) is 1. The molecular weight excluding hydrogens is 282 g/mol. The summed E-state index contributed by atoms with van der Waals surface area (Å²) in [6.07, 6.45) is 1.17. The van der Waals surface area contributed by atoms with Gasteiger partial charge in [0.2, 0.25) is 0 Å². The van der Waals surface area contributed by atoms with Crippen molar-refractivity contribution in [3.63, 3.8) is 0 Å². The maximum Gasteiger partial charge on any atom is 0.264 e. The van der Waals surface area contributed by atoms with Crippen molar-refractivity contribution in [2.75, 3.05) is 38.5 Å². The summed E-state index contributed by atoms with van der Waals surface area (Å²) in [7, 11) is 0. The van der Waals surface area contributed by atoms with Crippen LogP contribution in [0.15, 0.2) is 24.3 Å². The molecule has 1 amide bonds. The Morgan fingerprint density at radius 2 is 2.00 bits per heavy atom. The van der Waals surface area contributed by atoms with Gasteiger partial charge in [-0.25, -0.2) is 0 Å². The maximum atomic E-state index is 12.6. The smallest absolute Gasteiger partial charge is 0.264 e. The van der Waals surface area contributed by atoms with Crippen molar-refractivity contribution in [1.29, 1.82) is 0 Å². The third kappa shape index (κ3) is 3.04. The Bertz CT molecular complexity index is 644. The van der Waals surface area contributed by atoms with Crippen molar-refractivity contribution < 1.29 is 4.79 Å². The van der Waals surface area contributed by atoms with Gasteiger partial charge in [0.15, 0.2) is 0 Å². The number of hydrogen-bond donors (Lipinski definition) is 1. The van der Waals surface area contributed by atoms with Gasteiger partial charge in [-0.1, -0.05) is 6.92 Å². The second kappa shape index (κ2) is 6.03. The maximum absolute atomic E-state index is 12.6. The lowest BCUT2D eigenvalue weighted by atomic mass is 10.2. The van der Waals surface area contributed by atoms with Crippen LogP contribution >= 0.6 is 11.3 Å². The number of hydrogen-bond acceptors (Lipinski definition) is 4. The Balaban J connectivity index is 1.72. The summed E-state index contributed by atoms with van der Waals surface area (Å²) in [4.78, 5) is 17.8. The van der Waals surface area contributed by atoms with E-state index in [0.717, 1.165) is 53.4 Å². The molecule has 0 unspecified atom stereocenters. The van der Waals surface area contributed by atoms with Crippen LogP contribution in [-0.2, 0) is 0 Å². The van der Waals surface area contributed by atoms with Crippen molar-refractivity contribution in [1.82, 2.24) is 9.80 Å². The summed E-state index contributed by atoms with van der Waals surface area (Å²) in [6, 6.07) is 7.78. The first-order chi connectivity index (χ1) is 10.2. The van der Waals surface area contributed by atoms with E-state index in [1.807, 2.05) is 29.2 Å². The SMILES string of the molecule is CCCN1CCN(C(=O)c2cc3cc(N)ccc3s2)CC1. The van der Waals surface area contributed by atoms with Gasteiger partial charge in [0.1, 0.15) is 0 Å². The molecule has 1 fully saturated rings. The molecule has 2 N–H and O–H groups in total. The highest BCUT2D eigenvalue weighted by atomic mass is 32.1. The van der Waals surface area contributed by atoms with Gasteiger partial charge in [0, 0.05) is 36.6 Å². The van der Waals surface area contributed by atoms with E-state index in [9.17, 15) is 4.79 Å². The van der Waals surface area contributed by atoms with Crippen LogP contribution in [0.1, 0.15) is 23.0 Å². The van der Waals surface area contributed by atoms with E-state index in [1.54, 1.807) is 11.3 Å². The molecule has 2 heterocycles. The summed E-state index contributed by atoms with van der Waals surface area (Å²) in [5.41, 5.74) is 6.54. The number of nitrogen functional groups attached to an aromatic ring is 1. The third-order valence-electron chi connectivity index (χ3n) is 3.95. The lowest BCUT2D eigenvalue weighted by molar-refractivity contribution is 0.0642. The molecule has 0 aliphatic carbocycles. The Morgan fingerprint density at radius 3 is 2.71 bits per heavy atom. The number of amides is 1. The molecule has 1 aliphatic rings. The van der Waals surface area contributed by atoms with Crippen LogP contribution in [-0.4, -0.2) is 48.4 Å². The summed E-state index contributed by atoms with van der Waals surface area (Å²) in [5, 5.41) is 1.06. The number of rotatable bonds is 3. The second-order valence-electron chi connectivity index (χ2n) is 5.54. The van der Waals surface area contributed by atoms with Crippen molar-refractivity contribution in [3.05, 3.63) is 29.1 Å². The van der Waals surface area contributed by atoms with Crippen LogP contribution in [0.25, 0.3) is 10.1 Å². The Labute approximate surface area is 129 Å². The molecule has 3 rings (SSSR count). The normalized spacial score (nSPS) is 16.5. The largest absolute Gasteiger partial charge is 0.399 e. The number of carbonyl (C=O) groups excluding carboxylic acids is 1. The first kappa shape index (κ1) is 14.4. The van der Waals surface area contributed by atoms with E-state index in [0.29, 0.717) is 0 Å². The lowest BCUT2D eigenvalue weighted by Gasteiger charge is -2.34.